The SMILES string of the molecule is C[C@@H]1CCC[C@@H](C)N1C(=O)Cc1ccccc1N. The van der Waals surface area contributed by atoms with Gasteiger partial charge in [0.25, 0.3) is 0 Å². The second-order valence-corrected chi connectivity index (χ2v) is 5.31. The van der Waals surface area contributed by atoms with Gasteiger partial charge in [-0.3, -0.25) is 4.79 Å². The third kappa shape index (κ3) is 2.66. The highest BCUT2D eigenvalue weighted by Crippen LogP contribution is 2.24. The molecule has 3 nitrogen and oxygen atoms in total. The molecule has 0 bridgehead atoms. The van der Waals surface area contributed by atoms with E-state index in [-0.39, 0.29) is 5.91 Å². The third-order valence-corrected chi connectivity index (χ3v) is 3.88. The zero-order valence-corrected chi connectivity index (χ0v) is 11.2. The maximum absolute atomic E-state index is 12.4. The molecule has 0 saturated carbocycles. The highest BCUT2D eigenvalue weighted by molar-refractivity contribution is 5.81. The number of anilines is 1. The van der Waals surface area contributed by atoms with E-state index in [4.69, 9.17) is 5.73 Å². The summed E-state index contributed by atoms with van der Waals surface area (Å²) in [6.45, 7) is 4.28. The van der Waals surface area contributed by atoms with E-state index in [2.05, 4.69) is 13.8 Å². The van der Waals surface area contributed by atoms with Gasteiger partial charge in [-0.15, -0.1) is 0 Å². The van der Waals surface area contributed by atoms with Crippen LogP contribution in [0.1, 0.15) is 38.7 Å². The lowest BCUT2D eigenvalue weighted by Gasteiger charge is -2.39. The first-order valence-electron chi connectivity index (χ1n) is 6.74. The van der Waals surface area contributed by atoms with Gasteiger partial charge in [-0.25, -0.2) is 0 Å². The molecule has 0 unspecified atom stereocenters. The molecule has 2 atom stereocenters. The van der Waals surface area contributed by atoms with E-state index >= 15 is 0 Å². The predicted molar refractivity (Wildman–Crippen MR) is 74.2 cm³/mol. The van der Waals surface area contributed by atoms with Crippen LogP contribution in [-0.2, 0) is 11.2 Å². The Hall–Kier alpha value is -1.51. The van der Waals surface area contributed by atoms with Crippen LogP contribution in [0.25, 0.3) is 0 Å². The standard InChI is InChI=1S/C15H22N2O/c1-11-6-5-7-12(2)17(11)15(18)10-13-8-3-4-9-14(13)16/h3-4,8-9,11-12H,5-7,10,16H2,1-2H3/t11-,12-/m1/s1. The predicted octanol–water partition coefficient (Wildman–Crippen LogP) is 2.60. The first kappa shape index (κ1) is 12.9. The van der Waals surface area contributed by atoms with Crippen LogP contribution in [0.3, 0.4) is 0 Å². The third-order valence-electron chi connectivity index (χ3n) is 3.88. The molecule has 0 spiro atoms. The number of hydrogen-bond donors (Lipinski definition) is 1. The van der Waals surface area contributed by atoms with Gasteiger partial charge in [0.15, 0.2) is 0 Å². The van der Waals surface area contributed by atoms with Crippen LogP contribution in [0.5, 0.6) is 0 Å². The van der Waals surface area contributed by atoms with Crippen LogP contribution >= 0.6 is 0 Å². The van der Waals surface area contributed by atoms with Crippen LogP contribution in [-0.4, -0.2) is 22.9 Å². The molecule has 0 radical (unpaired) electrons. The first-order chi connectivity index (χ1) is 8.59. The maximum atomic E-state index is 12.4. The average molecular weight is 246 g/mol. The Morgan fingerprint density at radius 1 is 1.28 bits per heavy atom. The van der Waals surface area contributed by atoms with Gasteiger partial charge in [-0.1, -0.05) is 18.2 Å². The number of hydrogen-bond acceptors (Lipinski definition) is 2. The Morgan fingerprint density at radius 2 is 1.89 bits per heavy atom. The second kappa shape index (κ2) is 5.42. The molecule has 0 aromatic heterocycles. The summed E-state index contributed by atoms with van der Waals surface area (Å²) in [4.78, 5) is 14.4. The van der Waals surface area contributed by atoms with Crippen LogP contribution in [0, 0.1) is 0 Å². The topological polar surface area (TPSA) is 46.3 Å². The fourth-order valence-corrected chi connectivity index (χ4v) is 2.86. The molecule has 1 saturated heterocycles. The Kier molecular flexibility index (Phi) is 3.90. The van der Waals surface area contributed by atoms with Crippen molar-refractivity contribution in [3.8, 4) is 0 Å². The van der Waals surface area contributed by atoms with Crippen molar-refractivity contribution in [1.82, 2.24) is 4.90 Å². The largest absolute Gasteiger partial charge is 0.398 e. The highest BCUT2D eigenvalue weighted by Gasteiger charge is 2.28. The average Bonchev–Trinajstić information content (AvgIpc) is 2.32. The maximum Gasteiger partial charge on any atom is 0.227 e. The van der Waals surface area contributed by atoms with Gasteiger partial charge >= 0.3 is 0 Å². The van der Waals surface area contributed by atoms with Crippen molar-refractivity contribution in [3.63, 3.8) is 0 Å². The lowest BCUT2D eigenvalue weighted by Crippen LogP contribution is -2.48. The zero-order chi connectivity index (χ0) is 13.1. The smallest absolute Gasteiger partial charge is 0.227 e. The molecule has 1 aliphatic heterocycles. The number of carbonyl (C=O) groups is 1. The molecule has 18 heavy (non-hydrogen) atoms. The van der Waals surface area contributed by atoms with Crippen LogP contribution in [0.15, 0.2) is 24.3 Å². The molecule has 98 valence electrons. The second-order valence-electron chi connectivity index (χ2n) is 5.31. The van der Waals surface area contributed by atoms with E-state index < -0.39 is 0 Å². The highest BCUT2D eigenvalue weighted by atomic mass is 16.2. The van der Waals surface area contributed by atoms with Crippen molar-refractivity contribution in [1.29, 1.82) is 0 Å². The van der Waals surface area contributed by atoms with Gasteiger partial charge in [0.05, 0.1) is 6.42 Å². The molecule has 1 aliphatic rings. The monoisotopic (exact) mass is 246 g/mol. The van der Waals surface area contributed by atoms with E-state index in [0.717, 1.165) is 18.4 Å². The Labute approximate surface area is 109 Å². The van der Waals surface area contributed by atoms with Gasteiger partial charge in [0.2, 0.25) is 5.91 Å². The van der Waals surface area contributed by atoms with Crippen LogP contribution in [0.2, 0.25) is 0 Å². The molecule has 2 N–H and O–H groups in total. The molecule has 3 heteroatoms. The molecule has 1 aromatic carbocycles. The van der Waals surface area contributed by atoms with Crippen molar-refractivity contribution in [2.45, 2.75) is 51.6 Å². The number of nitrogens with two attached hydrogens (primary N) is 1. The van der Waals surface area contributed by atoms with E-state index in [0.29, 0.717) is 24.2 Å². The molecular formula is C15H22N2O. The summed E-state index contributed by atoms with van der Waals surface area (Å²) in [6.07, 6.45) is 3.86. The number of piperidine rings is 1. The fourth-order valence-electron chi connectivity index (χ4n) is 2.86. The minimum absolute atomic E-state index is 0.201. The summed E-state index contributed by atoms with van der Waals surface area (Å²) < 4.78 is 0. The number of rotatable bonds is 2. The minimum atomic E-state index is 0.201. The molecule has 1 fully saturated rings. The number of benzene rings is 1. The van der Waals surface area contributed by atoms with Crippen molar-refractivity contribution in [3.05, 3.63) is 29.8 Å². The quantitative estimate of drug-likeness (QED) is 0.815. The van der Waals surface area contributed by atoms with Crippen LogP contribution < -0.4 is 5.73 Å². The Balaban J connectivity index is 2.09. The van der Waals surface area contributed by atoms with Gasteiger partial charge in [-0.05, 0) is 44.7 Å². The number of nitrogens with zero attached hydrogens (tertiary/aromatic N) is 1. The van der Waals surface area contributed by atoms with Gasteiger partial charge in [0, 0.05) is 17.8 Å². The van der Waals surface area contributed by atoms with Crippen molar-refractivity contribution in [2.24, 2.45) is 0 Å². The minimum Gasteiger partial charge on any atom is -0.398 e. The van der Waals surface area contributed by atoms with Crippen molar-refractivity contribution >= 4 is 11.6 Å². The Morgan fingerprint density at radius 3 is 2.50 bits per heavy atom. The van der Waals surface area contributed by atoms with Gasteiger partial charge < -0.3 is 10.6 Å². The van der Waals surface area contributed by atoms with E-state index in [1.807, 2.05) is 29.2 Å². The number of para-hydroxylation sites is 1. The molecule has 1 aromatic rings. The fraction of sp³-hybridized carbons (Fsp3) is 0.533. The van der Waals surface area contributed by atoms with E-state index in [9.17, 15) is 4.79 Å². The van der Waals surface area contributed by atoms with Crippen molar-refractivity contribution in [2.75, 3.05) is 5.73 Å². The number of likely N-dealkylation sites (tertiary alicyclic amines) is 1. The molecule has 1 heterocycles. The first-order valence-corrected chi connectivity index (χ1v) is 6.74. The van der Waals surface area contributed by atoms with Gasteiger partial charge in [0.1, 0.15) is 0 Å². The van der Waals surface area contributed by atoms with E-state index in [1.165, 1.54) is 6.42 Å². The summed E-state index contributed by atoms with van der Waals surface area (Å²) in [6, 6.07) is 8.33. The molecular weight excluding hydrogens is 224 g/mol. The lowest BCUT2D eigenvalue weighted by molar-refractivity contribution is -0.136. The molecule has 0 aliphatic carbocycles. The summed E-state index contributed by atoms with van der Waals surface area (Å²) >= 11 is 0. The van der Waals surface area contributed by atoms with Gasteiger partial charge in [-0.2, -0.15) is 0 Å². The summed E-state index contributed by atoms with van der Waals surface area (Å²) in [5.41, 5.74) is 7.55. The number of nitrogen functional groups attached to an aromatic ring is 1. The van der Waals surface area contributed by atoms with Crippen LogP contribution in [0.4, 0.5) is 5.69 Å². The Bertz CT molecular complexity index is 420. The summed E-state index contributed by atoms with van der Waals surface area (Å²) in [7, 11) is 0. The van der Waals surface area contributed by atoms with E-state index in [1.54, 1.807) is 0 Å². The molecule has 2 rings (SSSR count). The summed E-state index contributed by atoms with van der Waals surface area (Å²) in [5, 5.41) is 0. The van der Waals surface area contributed by atoms with Crippen molar-refractivity contribution < 1.29 is 4.79 Å². The number of carbonyl (C=O) groups excluding carboxylic acids is 1. The number of amides is 1. The lowest BCUT2D eigenvalue weighted by atomic mass is 9.96. The summed E-state index contributed by atoms with van der Waals surface area (Å²) in [5.74, 6) is 0.201. The molecule has 1 amide bonds. The zero-order valence-electron chi connectivity index (χ0n) is 11.2. The normalized spacial score (nSPS) is 24.0.